The zero-order chi connectivity index (χ0) is 19.1. The summed E-state index contributed by atoms with van der Waals surface area (Å²) in [6.07, 6.45) is 0.622. The molecule has 0 spiro atoms. The van der Waals surface area contributed by atoms with E-state index < -0.39 is 9.84 Å². The van der Waals surface area contributed by atoms with Crippen molar-refractivity contribution in [1.82, 2.24) is 10.6 Å². The Bertz CT molecular complexity index is 871. The summed E-state index contributed by atoms with van der Waals surface area (Å²) in [6.45, 7) is 1.14. The zero-order valence-corrected chi connectivity index (χ0v) is 18.9. The highest BCUT2D eigenvalue weighted by molar-refractivity contribution is 14.0. The van der Waals surface area contributed by atoms with Gasteiger partial charge in [0.25, 0.3) is 0 Å². The SMILES string of the molecule is CN=C(NCc1ccc(OCc2ccccc2)cc1)NC1CCS(=O)(=O)C1.I. The average Bonchev–Trinajstić information content (AvgIpc) is 3.03. The molecular formula is C20H26IN3O3S. The average molecular weight is 515 g/mol. The molecule has 0 saturated carbocycles. The van der Waals surface area contributed by atoms with Gasteiger partial charge in [-0.05, 0) is 29.7 Å². The minimum atomic E-state index is -2.91. The van der Waals surface area contributed by atoms with Crippen LogP contribution in [0.3, 0.4) is 0 Å². The normalized spacial score (nSPS) is 18.2. The molecule has 2 N–H and O–H groups in total. The van der Waals surface area contributed by atoms with Crippen molar-refractivity contribution < 1.29 is 13.2 Å². The second-order valence-electron chi connectivity index (χ2n) is 6.59. The van der Waals surface area contributed by atoms with E-state index in [1.807, 2.05) is 54.6 Å². The topological polar surface area (TPSA) is 79.8 Å². The number of hydrogen-bond acceptors (Lipinski definition) is 4. The van der Waals surface area contributed by atoms with Crippen LogP contribution in [-0.2, 0) is 23.0 Å². The summed E-state index contributed by atoms with van der Waals surface area (Å²) < 4.78 is 28.9. The Morgan fingerprint density at radius 1 is 1.11 bits per heavy atom. The number of nitrogens with zero attached hydrogens (tertiary/aromatic N) is 1. The van der Waals surface area contributed by atoms with Crippen LogP contribution in [0.15, 0.2) is 59.6 Å². The van der Waals surface area contributed by atoms with E-state index in [2.05, 4.69) is 15.6 Å². The fourth-order valence-corrected chi connectivity index (χ4v) is 4.60. The maximum Gasteiger partial charge on any atom is 0.191 e. The third-order valence-electron chi connectivity index (χ3n) is 4.43. The molecule has 0 aliphatic carbocycles. The lowest BCUT2D eigenvalue weighted by molar-refractivity contribution is 0.306. The van der Waals surface area contributed by atoms with Gasteiger partial charge in [0.2, 0.25) is 0 Å². The van der Waals surface area contributed by atoms with Crippen molar-refractivity contribution >= 4 is 39.8 Å². The first-order valence-corrected chi connectivity index (χ1v) is 10.8. The third-order valence-corrected chi connectivity index (χ3v) is 6.20. The number of hydrogen-bond donors (Lipinski definition) is 2. The maximum absolute atomic E-state index is 11.6. The van der Waals surface area contributed by atoms with Crippen LogP contribution in [0.25, 0.3) is 0 Å². The number of halogens is 1. The van der Waals surface area contributed by atoms with Crippen molar-refractivity contribution in [2.45, 2.75) is 25.6 Å². The van der Waals surface area contributed by atoms with E-state index in [0.29, 0.717) is 25.5 Å². The maximum atomic E-state index is 11.6. The molecule has 8 heteroatoms. The Labute approximate surface area is 183 Å². The van der Waals surface area contributed by atoms with Gasteiger partial charge in [-0.2, -0.15) is 0 Å². The van der Waals surface area contributed by atoms with E-state index in [4.69, 9.17) is 4.74 Å². The number of nitrogens with one attached hydrogen (secondary N) is 2. The standard InChI is InChI=1S/C20H25N3O3S.HI/c1-21-20(23-18-11-12-27(24,25)15-18)22-13-16-7-9-19(10-8-16)26-14-17-5-3-2-4-6-17;/h2-10,18H,11-15H2,1H3,(H2,21,22,23);1H. The zero-order valence-electron chi connectivity index (χ0n) is 15.8. The largest absolute Gasteiger partial charge is 0.489 e. The van der Waals surface area contributed by atoms with Crippen LogP contribution >= 0.6 is 24.0 Å². The quantitative estimate of drug-likeness (QED) is 0.352. The fraction of sp³-hybridized carbons (Fsp3) is 0.350. The van der Waals surface area contributed by atoms with Crippen LogP contribution < -0.4 is 15.4 Å². The summed E-state index contributed by atoms with van der Waals surface area (Å²) in [5.74, 6) is 1.84. The van der Waals surface area contributed by atoms with Crippen molar-refractivity contribution in [3.63, 3.8) is 0 Å². The lowest BCUT2D eigenvalue weighted by atomic mass is 10.2. The molecule has 28 heavy (non-hydrogen) atoms. The molecule has 0 amide bonds. The molecular weight excluding hydrogens is 489 g/mol. The van der Waals surface area contributed by atoms with E-state index in [-0.39, 0.29) is 41.5 Å². The molecule has 1 fully saturated rings. The van der Waals surface area contributed by atoms with Crippen LogP contribution in [0.4, 0.5) is 0 Å². The molecule has 1 saturated heterocycles. The lowest BCUT2D eigenvalue weighted by Crippen LogP contribution is -2.43. The molecule has 1 heterocycles. The molecule has 6 nitrogen and oxygen atoms in total. The van der Waals surface area contributed by atoms with Gasteiger partial charge in [0, 0.05) is 19.6 Å². The fourth-order valence-electron chi connectivity index (χ4n) is 2.93. The van der Waals surface area contributed by atoms with E-state index in [0.717, 1.165) is 16.9 Å². The summed E-state index contributed by atoms with van der Waals surface area (Å²) in [7, 11) is -1.23. The molecule has 2 aromatic carbocycles. The Morgan fingerprint density at radius 3 is 2.43 bits per heavy atom. The van der Waals surface area contributed by atoms with Gasteiger partial charge in [-0.25, -0.2) is 8.42 Å². The molecule has 1 atom stereocenters. The second-order valence-corrected chi connectivity index (χ2v) is 8.82. The summed E-state index contributed by atoms with van der Waals surface area (Å²) in [5, 5.41) is 6.40. The van der Waals surface area contributed by atoms with Crippen molar-refractivity contribution in [3.05, 3.63) is 65.7 Å². The van der Waals surface area contributed by atoms with Gasteiger partial charge in [0.15, 0.2) is 15.8 Å². The number of guanidine groups is 1. The van der Waals surface area contributed by atoms with Gasteiger partial charge >= 0.3 is 0 Å². The van der Waals surface area contributed by atoms with Crippen LogP contribution in [0.1, 0.15) is 17.5 Å². The Hall–Kier alpha value is -1.81. The van der Waals surface area contributed by atoms with Crippen molar-refractivity contribution in [3.8, 4) is 5.75 Å². The minimum absolute atomic E-state index is 0. The molecule has 0 radical (unpaired) electrons. The number of aliphatic imine (C=N–C) groups is 1. The predicted molar refractivity (Wildman–Crippen MR) is 123 cm³/mol. The first-order valence-electron chi connectivity index (χ1n) is 8.97. The molecule has 3 rings (SSSR count). The smallest absolute Gasteiger partial charge is 0.191 e. The molecule has 152 valence electrons. The second kappa shape index (κ2) is 10.7. The molecule has 2 aromatic rings. The Balaban J connectivity index is 0.00000280. The van der Waals surface area contributed by atoms with Gasteiger partial charge in [-0.1, -0.05) is 42.5 Å². The van der Waals surface area contributed by atoms with E-state index in [1.165, 1.54) is 0 Å². The first kappa shape index (κ1) is 22.5. The summed E-state index contributed by atoms with van der Waals surface area (Å²) in [4.78, 5) is 4.17. The van der Waals surface area contributed by atoms with Gasteiger partial charge in [0.05, 0.1) is 11.5 Å². The number of rotatable bonds is 6. The molecule has 0 aromatic heterocycles. The van der Waals surface area contributed by atoms with Gasteiger partial charge in [-0.3, -0.25) is 4.99 Å². The Morgan fingerprint density at radius 2 is 1.82 bits per heavy atom. The highest BCUT2D eigenvalue weighted by Gasteiger charge is 2.28. The van der Waals surface area contributed by atoms with Gasteiger partial charge < -0.3 is 15.4 Å². The Kier molecular flexibility index (Phi) is 8.56. The number of ether oxygens (including phenoxy) is 1. The van der Waals surface area contributed by atoms with Crippen LogP contribution in [0.5, 0.6) is 5.75 Å². The van der Waals surface area contributed by atoms with Crippen molar-refractivity contribution in [1.29, 1.82) is 0 Å². The van der Waals surface area contributed by atoms with Crippen LogP contribution in [0.2, 0.25) is 0 Å². The summed E-state index contributed by atoms with van der Waals surface area (Å²) >= 11 is 0. The summed E-state index contributed by atoms with van der Waals surface area (Å²) in [5.41, 5.74) is 2.22. The molecule has 1 aliphatic heterocycles. The third kappa shape index (κ3) is 6.97. The minimum Gasteiger partial charge on any atom is -0.489 e. The van der Waals surface area contributed by atoms with Crippen LogP contribution in [-0.4, -0.2) is 39.0 Å². The first-order chi connectivity index (χ1) is 13.0. The summed E-state index contributed by atoms with van der Waals surface area (Å²) in [6, 6.07) is 17.9. The lowest BCUT2D eigenvalue weighted by Gasteiger charge is -2.16. The van der Waals surface area contributed by atoms with E-state index >= 15 is 0 Å². The molecule has 1 unspecified atom stereocenters. The van der Waals surface area contributed by atoms with E-state index in [9.17, 15) is 8.42 Å². The molecule has 1 aliphatic rings. The van der Waals surface area contributed by atoms with Gasteiger partial charge in [0.1, 0.15) is 12.4 Å². The van der Waals surface area contributed by atoms with Crippen molar-refractivity contribution in [2.24, 2.45) is 4.99 Å². The number of sulfone groups is 1. The molecule has 0 bridgehead atoms. The highest BCUT2D eigenvalue weighted by atomic mass is 127. The van der Waals surface area contributed by atoms with E-state index in [1.54, 1.807) is 7.05 Å². The predicted octanol–water partition coefficient (Wildman–Crippen LogP) is 2.74. The van der Waals surface area contributed by atoms with Gasteiger partial charge in [-0.15, -0.1) is 24.0 Å². The monoisotopic (exact) mass is 515 g/mol. The number of benzene rings is 2. The van der Waals surface area contributed by atoms with Crippen LogP contribution in [0, 0.1) is 0 Å². The van der Waals surface area contributed by atoms with Crippen molar-refractivity contribution in [2.75, 3.05) is 18.6 Å². The highest BCUT2D eigenvalue weighted by Crippen LogP contribution is 2.14.